The number of carbonyl (C=O) groups excluding carboxylic acids is 1. The lowest BCUT2D eigenvalue weighted by atomic mass is 9.87. The van der Waals surface area contributed by atoms with Gasteiger partial charge in [0.2, 0.25) is 5.91 Å². The predicted octanol–water partition coefficient (Wildman–Crippen LogP) is 1.86. The molecule has 0 radical (unpaired) electrons. The van der Waals surface area contributed by atoms with Gasteiger partial charge in [-0.15, -0.1) is 0 Å². The van der Waals surface area contributed by atoms with E-state index < -0.39 is 6.04 Å². The Balaban J connectivity index is 2.43. The average molecular weight is 252 g/mol. The van der Waals surface area contributed by atoms with E-state index in [0.717, 1.165) is 0 Å². The third-order valence-corrected chi connectivity index (χ3v) is 2.87. The molecule has 0 bridgehead atoms. The van der Waals surface area contributed by atoms with E-state index in [2.05, 4.69) is 5.32 Å². The van der Waals surface area contributed by atoms with Gasteiger partial charge in [-0.3, -0.25) is 4.79 Å². The van der Waals surface area contributed by atoms with Gasteiger partial charge in [-0.2, -0.15) is 0 Å². The molecule has 0 heterocycles. The van der Waals surface area contributed by atoms with Crippen molar-refractivity contribution < 1.29 is 9.18 Å². The molecule has 0 unspecified atom stereocenters. The lowest BCUT2D eigenvalue weighted by Crippen LogP contribution is -2.49. The molecule has 0 aromatic heterocycles. The highest BCUT2D eigenvalue weighted by molar-refractivity contribution is 5.82. The highest BCUT2D eigenvalue weighted by Gasteiger charge is 2.26. The zero-order valence-corrected chi connectivity index (χ0v) is 11.2. The van der Waals surface area contributed by atoms with E-state index in [1.54, 1.807) is 18.2 Å². The van der Waals surface area contributed by atoms with Crippen molar-refractivity contribution >= 4 is 5.91 Å². The zero-order valence-electron chi connectivity index (χ0n) is 11.2. The summed E-state index contributed by atoms with van der Waals surface area (Å²) in [4.78, 5) is 11.7. The molecule has 1 atom stereocenters. The summed E-state index contributed by atoms with van der Waals surface area (Å²) >= 11 is 0. The first kappa shape index (κ1) is 14.6. The van der Waals surface area contributed by atoms with Crippen LogP contribution in [0.25, 0.3) is 0 Å². The summed E-state index contributed by atoms with van der Waals surface area (Å²) in [5, 5.41) is 2.73. The molecule has 3 nitrogen and oxygen atoms in total. The Morgan fingerprint density at radius 3 is 2.56 bits per heavy atom. The lowest BCUT2D eigenvalue weighted by molar-refractivity contribution is -0.124. The van der Waals surface area contributed by atoms with E-state index >= 15 is 0 Å². The SMILES string of the molecule is CC(C)(C)[C@H](N)C(=O)NCCc1ccccc1F. The third-order valence-electron chi connectivity index (χ3n) is 2.87. The normalized spacial score (nSPS) is 13.2. The molecule has 3 N–H and O–H groups in total. The first-order valence-corrected chi connectivity index (χ1v) is 6.09. The number of amides is 1. The molecular formula is C14H21FN2O. The number of nitrogens with two attached hydrogens (primary N) is 1. The van der Waals surface area contributed by atoms with Crippen LogP contribution in [0.3, 0.4) is 0 Å². The molecule has 0 aliphatic rings. The van der Waals surface area contributed by atoms with Crippen LogP contribution in [-0.2, 0) is 11.2 Å². The fraction of sp³-hybridized carbons (Fsp3) is 0.500. The second kappa shape index (κ2) is 5.96. The summed E-state index contributed by atoms with van der Waals surface area (Å²) in [6, 6.07) is 6.00. The standard InChI is InChI=1S/C14H21FN2O/c1-14(2,3)12(16)13(18)17-9-8-10-6-4-5-7-11(10)15/h4-7,12H,8-9,16H2,1-3H3,(H,17,18)/t12-/m1/s1. The highest BCUT2D eigenvalue weighted by Crippen LogP contribution is 2.17. The number of rotatable bonds is 4. The van der Waals surface area contributed by atoms with Crippen LogP contribution in [0.4, 0.5) is 4.39 Å². The van der Waals surface area contributed by atoms with Gasteiger partial charge < -0.3 is 11.1 Å². The second-order valence-corrected chi connectivity index (χ2v) is 5.48. The Morgan fingerprint density at radius 1 is 1.39 bits per heavy atom. The van der Waals surface area contributed by atoms with Gasteiger partial charge in [0, 0.05) is 6.54 Å². The molecule has 100 valence electrons. The van der Waals surface area contributed by atoms with Crippen molar-refractivity contribution in [1.82, 2.24) is 5.32 Å². The molecule has 0 aliphatic heterocycles. The monoisotopic (exact) mass is 252 g/mol. The van der Waals surface area contributed by atoms with Gasteiger partial charge in [0.25, 0.3) is 0 Å². The molecule has 0 saturated carbocycles. The van der Waals surface area contributed by atoms with E-state index in [4.69, 9.17) is 5.73 Å². The Hall–Kier alpha value is -1.42. The first-order chi connectivity index (χ1) is 8.32. The smallest absolute Gasteiger partial charge is 0.237 e. The summed E-state index contributed by atoms with van der Waals surface area (Å²) in [7, 11) is 0. The van der Waals surface area contributed by atoms with Crippen LogP contribution >= 0.6 is 0 Å². The minimum absolute atomic E-state index is 0.196. The first-order valence-electron chi connectivity index (χ1n) is 6.09. The molecule has 1 aromatic rings. The maximum absolute atomic E-state index is 13.3. The fourth-order valence-electron chi connectivity index (χ4n) is 1.52. The fourth-order valence-corrected chi connectivity index (χ4v) is 1.52. The summed E-state index contributed by atoms with van der Waals surface area (Å²) in [6.45, 7) is 6.12. The molecule has 1 aromatic carbocycles. The van der Waals surface area contributed by atoms with Gasteiger partial charge >= 0.3 is 0 Å². The number of benzene rings is 1. The van der Waals surface area contributed by atoms with Crippen LogP contribution in [-0.4, -0.2) is 18.5 Å². The van der Waals surface area contributed by atoms with Crippen LogP contribution in [0.5, 0.6) is 0 Å². The molecule has 0 spiro atoms. The van der Waals surface area contributed by atoms with Gasteiger partial charge in [0.05, 0.1) is 6.04 Å². The maximum atomic E-state index is 13.3. The summed E-state index contributed by atoms with van der Waals surface area (Å²) in [5.74, 6) is -0.439. The minimum atomic E-state index is -0.557. The maximum Gasteiger partial charge on any atom is 0.237 e. The van der Waals surface area contributed by atoms with E-state index in [1.165, 1.54) is 6.07 Å². The van der Waals surface area contributed by atoms with Crippen molar-refractivity contribution in [3.05, 3.63) is 35.6 Å². The Bertz CT molecular complexity index is 413. The molecular weight excluding hydrogens is 231 g/mol. The topological polar surface area (TPSA) is 55.1 Å². The van der Waals surface area contributed by atoms with Crippen LogP contribution in [0.15, 0.2) is 24.3 Å². The zero-order chi connectivity index (χ0) is 13.8. The summed E-state index contributed by atoms with van der Waals surface area (Å²) < 4.78 is 13.3. The number of nitrogens with one attached hydrogen (secondary N) is 1. The van der Waals surface area contributed by atoms with Crippen LogP contribution in [0, 0.1) is 11.2 Å². The van der Waals surface area contributed by atoms with Crippen molar-refractivity contribution in [3.63, 3.8) is 0 Å². The lowest BCUT2D eigenvalue weighted by Gasteiger charge is -2.25. The molecule has 1 amide bonds. The molecule has 4 heteroatoms. The summed E-state index contributed by atoms with van der Waals surface area (Å²) in [5.41, 5.74) is 6.14. The largest absolute Gasteiger partial charge is 0.354 e. The highest BCUT2D eigenvalue weighted by atomic mass is 19.1. The van der Waals surface area contributed by atoms with Crippen molar-refractivity contribution in [2.75, 3.05) is 6.54 Å². The second-order valence-electron chi connectivity index (χ2n) is 5.48. The Labute approximate surface area is 108 Å². The number of hydrogen-bond acceptors (Lipinski definition) is 2. The van der Waals surface area contributed by atoms with Crippen molar-refractivity contribution in [2.45, 2.75) is 33.2 Å². The Morgan fingerprint density at radius 2 is 2.00 bits per heavy atom. The van der Waals surface area contributed by atoms with Crippen LogP contribution in [0.2, 0.25) is 0 Å². The van der Waals surface area contributed by atoms with Gasteiger partial charge in [0.15, 0.2) is 0 Å². The van der Waals surface area contributed by atoms with Crippen molar-refractivity contribution in [3.8, 4) is 0 Å². The number of carbonyl (C=O) groups is 1. The molecule has 0 saturated heterocycles. The van der Waals surface area contributed by atoms with E-state index in [-0.39, 0.29) is 17.1 Å². The Kier molecular flexibility index (Phi) is 4.84. The van der Waals surface area contributed by atoms with Gasteiger partial charge in [0.1, 0.15) is 5.82 Å². The predicted molar refractivity (Wildman–Crippen MR) is 70.5 cm³/mol. The number of halogens is 1. The molecule has 18 heavy (non-hydrogen) atoms. The third kappa shape index (κ3) is 4.11. The molecule has 1 rings (SSSR count). The molecule has 0 fully saturated rings. The van der Waals surface area contributed by atoms with Gasteiger partial charge in [-0.05, 0) is 23.5 Å². The van der Waals surface area contributed by atoms with Gasteiger partial charge in [-0.25, -0.2) is 4.39 Å². The molecule has 0 aliphatic carbocycles. The van der Waals surface area contributed by atoms with E-state index in [0.29, 0.717) is 18.5 Å². The van der Waals surface area contributed by atoms with Crippen molar-refractivity contribution in [1.29, 1.82) is 0 Å². The average Bonchev–Trinajstić information content (AvgIpc) is 2.29. The van der Waals surface area contributed by atoms with E-state index in [1.807, 2.05) is 20.8 Å². The van der Waals surface area contributed by atoms with Crippen molar-refractivity contribution in [2.24, 2.45) is 11.1 Å². The van der Waals surface area contributed by atoms with E-state index in [9.17, 15) is 9.18 Å². The van der Waals surface area contributed by atoms with Crippen LogP contribution in [0.1, 0.15) is 26.3 Å². The minimum Gasteiger partial charge on any atom is -0.354 e. The van der Waals surface area contributed by atoms with Gasteiger partial charge in [-0.1, -0.05) is 39.0 Å². The quantitative estimate of drug-likeness (QED) is 0.859. The van der Waals surface area contributed by atoms with Crippen LogP contribution < -0.4 is 11.1 Å². The number of hydrogen-bond donors (Lipinski definition) is 2. The summed E-state index contributed by atoms with van der Waals surface area (Å²) in [6.07, 6.45) is 0.468.